The quantitative estimate of drug-likeness (QED) is 0.758. The number of halogens is 2. The number of allylic oxidation sites excluding steroid dienone is 1. The third kappa shape index (κ3) is 3.42. The maximum atomic E-state index is 13.4. The van der Waals surface area contributed by atoms with E-state index in [1.165, 1.54) is 18.2 Å². The molecule has 16 heavy (non-hydrogen) atoms. The largest absolute Gasteiger partial charge is 0.317 e. The van der Waals surface area contributed by atoms with E-state index in [4.69, 9.17) is 0 Å². The van der Waals surface area contributed by atoms with Crippen LogP contribution >= 0.6 is 0 Å². The van der Waals surface area contributed by atoms with E-state index in [9.17, 15) is 8.78 Å². The summed E-state index contributed by atoms with van der Waals surface area (Å²) in [4.78, 5) is 0. The Labute approximate surface area is 95.2 Å². The predicted molar refractivity (Wildman–Crippen MR) is 63.2 cm³/mol. The molecule has 1 rings (SSSR count). The summed E-state index contributed by atoms with van der Waals surface area (Å²) in [6.07, 6.45) is 2.62. The van der Waals surface area contributed by atoms with Crippen molar-refractivity contribution in [1.82, 2.24) is 5.32 Å². The van der Waals surface area contributed by atoms with Crippen molar-refractivity contribution in [2.75, 3.05) is 13.1 Å². The van der Waals surface area contributed by atoms with Crippen LogP contribution in [0.25, 0.3) is 5.57 Å². The fourth-order valence-electron chi connectivity index (χ4n) is 1.54. The molecule has 0 aliphatic carbocycles. The first kappa shape index (κ1) is 12.8. The molecular weight excluding hydrogens is 208 g/mol. The SMILES string of the molecule is CCNCCC=C(C)c1c(F)cccc1F. The van der Waals surface area contributed by atoms with E-state index in [0.29, 0.717) is 5.57 Å². The lowest BCUT2D eigenvalue weighted by Crippen LogP contribution is -2.13. The van der Waals surface area contributed by atoms with Crippen LogP contribution < -0.4 is 5.32 Å². The summed E-state index contributed by atoms with van der Waals surface area (Å²) in [7, 11) is 0. The second kappa shape index (κ2) is 6.38. The third-order valence-electron chi connectivity index (χ3n) is 2.38. The number of nitrogens with one attached hydrogen (secondary N) is 1. The lowest BCUT2D eigenvalue weighted by Gasteiger charge is -2.05. The lowest BCUT2D eigenvalue weighted by molar-refractivity contribution is 0.576. The van der Waals surface area contributed by atoms with Gasteiger partial charge in [-0.25, -0.2) is 8.78 Å². The molecular formula is C13H17F2N. The summed E-state index contributed by atoms with van der Waals surface area (Å²) in [5, 5.41) is 3.15. The average molecular weight is 225 g/mol. The lowest BCUT2D eigenvalue weighted by atomic mass is 10.1. The molecule has 0 spiro atoms. The molecule has 0 aliphatic rings. The van der Waals surface area contributed by atoms with Gasteiger partial charge < -0.3 is 5.32 Å². The molecule has 1 aromatic rings. The van der Waals surface area contributed by atoms with Gasteiger partial charge in [-0.05, 0) is 44.1 Å². The Morgan fingerprint density at radius 1 is 1.31 bits per heavy atom. The van der Waals surface area contributed by atoms with Crippen LogP contribution in [0, 0.1) is 11.6 Å². The summed E-state index contributed by atoms with van der Waals surface area (Å²) < 4.78 is 26.8. The van der Waals surface area contributed by atoms with E-state index >= 15 is 0 Å². The smallest absolute Gasteiger partial charge is 0.133 e. The van der Waals surface area contributed by atoms with Gasteiger partial charge in [-0.2, -0.15) is 0 Å². The van der Waals surface area contributed by atoms with Gasteiger partial charge >= 0.3 is 0 Å². The first-order chi connectivity index (χ1) is 7.66. The van der Waals surface area contributed by atoms with Crippen LogP contribution in [-0.2, 0) is 0 Å². The van der Waals surface area contributed by atoms with E-state index in [1.807, 2.05) is 13.0 Å². The molecule has 0 saturated carbocycles. The zero-order valence-electron chi connectivity index (χ0n) is 9.69. The van der Waals surface area contributed by atoms with Gasteiger partial charge in [0, 0.05) is 5.56 Å². The van der Waals surface area contributed by atoms with Crippen LogP contribution in [-0.4, -0.2) is 13.1 Å². The van der Waals surface area contributed by atoms with E-state index in [1.54, 1.807) is 6.92 Å². The predicted octanol–water partition coefficient (Wildman–Crippen LogP) is 3.37. The number of hydrogen-bond acceptors (Lipinski definition) is 1. The number of hydrogen-bond donors (Lipinski definition) is 1. The maximum Gasteiger partial charge on any atom is 0.133 e. The van der Waals surface area contributed by atoms with Crippen LogP contribution in [0.3, 0.4) is 0 Å². The highest BCUT2D eigenvalue weighted by Crippen LogP contribution is 2.21. The molecule has 1 N–H and O–H groups in total. The molecule has 0 aromatic heterocycles. The van der Waals surface area contributed by atoms with E-state index in [-0.39, 0.29) is 5.56 Å². The van der Waals surface area contributed by atoms with Crippen molar-refractivity contribution in [2.45, 2.75) is 20.3 Å². The van der Waals surface area contributed by atoms with Crippen LogP contribution in [0.1, 0.15) is 25.8 Å². The fourth-order valence-corrected chi connectivity index (χ4v) is 1.54. The van der Waals surface area contributed by atoms with Crippen molar-refractivity contribution in [3.63, 3.8) is 0 Å². The minimum Gasteiger partial charge on any atom is -0.317 e. The zero-order chi connectivity index (χ0) is 12.0. The van der Waals surface area contributed by atoms with Gasteiger partial charge in [-0.3, -0.25) is 0 Å². The Morgan fingerprint density at radius 2 is 1.94 bits per heavy atom. The normalized spacial score (nSPS) is 11.9. The third-order valence-corrected chi connectivity index (χ3v) is 2.38. The van der Waals surface area contributed by atoms with Crippen LogP contribution in [0.5, 0.6) is 0 Å². The summed E-state index contributed by atoms with van der Waals surface area (Å²) in [5.74, 6) is -1.01. The molecule has 0 amide bonds. The Bertz CT molecular complexity index is 352. The van der Waals surface area contributed by atoms with E-state index in [2.05, 4.69) is 5.32 Å². The minimum absolute atomic E-state index is 0.0824. The molecule has 0 atom stereocenters. The van der Waals surface area contributed by atoms with Gasteiger partial charge in [0.15, 0.2) is 0 Å². The first-order valence-electron chi connectivity index (χ1n) is 5.48. The molecule has 1 aromatic carbocycles. The molecule has 0 heterocycles. The maximum absolute atomic E-state index is 13.4. The number of rotatable bonds is 5. The first-order valence-corrected chi connectivity index (χ1v) is 5.48. The number of benzene rings is 1. The Kier molecular flexibility index (Phi) is 5.12. The van der Waals surface area contributed by atoms with Crippen molar-refractivity contribution < 1.29 is 8.78 Å². The Morgan fingerprint density at radius 3 is 2.50 bits per heavy atom. The molecule has 0 aliphatic heterocycles. The summed E-state index contributed by atoms with van der Waals surface area (Å²) >= 11 is 0. The van der Waals surface area contributed by atoms with Gasteiger partial charge in [0.1, 0.15) is 11.6 Å². The van der Waals surface area contributed by atoms with Crippen molar-refractivity contribution in [3.8, 4) is 0 Å². The molecule has 0 saturated heterocycles. The molecule has 0 bridgehead atoms. The van der Waals surface area contributed by atoms with Crippen molar-refractivity contribution in [2.24, 2.45) is 0 Å². The molecule has 1 nitrogen and oxygen atoms in total. The summed E-state index contributed by atoms with van der Waals surface area (Å²) in [6, 6.07) is 3.93. The molecule has 0 fully saturated rings. The van der Waals surface area contributed by atoms with Crippen molar-refractivity contribution >= 4 is 5.57 Å². The van der Waals surface area contributed by atoms with Crippen LogP contribution in [0.15, 0.2) is 24.3 Å². The topological polar surface area (TPSA) is 12.0 Å². The summed E-state index contributed by atoms with van der Waals surface area (Å²) in [6.45, 7) is 5.48. The van der Waals surface area contributed by atoms with Gasteiger partial charge in [0.25, 0.3) is 0 Å². The highest BCUT2D eigenvalue weighted by Gasteiger charge is 2.09. The average Bonchev–Trinajstić information content (AvgIpc) is 2.24. The summed E-state index contributed by atoms with van der Waals surface area (Å²) in [5.41, 5.74) is 0.729. The molecule has 3 heteroatoms. The van der Waals surface area contributed by atoms with Gasteiger partial charge in [-0.15, -0.1) is 0 Å². The van der Waals surface area contributed by atoms with Crippen molar-refractivity contribution in [1.29, 1.82) is 0 Å². The standard InChI is InChI=1S/C13H17F2N/c1-3-16-9-5-6-10(2)13-11(14)7-4-8-12(13)15/h4,6-8,16H,3,5,9H2,1-2H3. The highest BCUT2D eigenvalue weighted by molar-refractivity contribution is 5.64. The monoisotopic (exact) mass is 225 g/mol. The van der Waals surface area contributed by atoms with Crippen molar-refractivity contribution in [3.05, 3.63) is 41.5 Å². The second-order valence-corrected chi connectivity index (χ2v) is 3.63. The van der Waals surface area contributed by atoms with E-state index in [0.717, 1.165) is 19.5 Å². The van der Waals surface area contributed by atoms with Gasteiger partial charge in [0.2, 0.25) is 0 Å². The highest BCUT2D eigenvalue weighted by atomic mass is 19.1. The van der Waals surface area contributed by atoms with Gasteiger partial charge in [0.05, 0.1) is 0 Å². The zero-order valence-corrected chi connectivity index (χ0v) is 9.69. The van der Waals surface area contributed by atoms with Gasteiger partial charge in [-0.1, -0.05) is 19.1 Å². The molecule has 0 unspecified atom stereocenters. The molecule has 88 valence electrons. The van der Waals surface area contributed by atoms with E-state index < -0.39 is 11.6 Å². The fraction of sp³-hybridized carbons (Fsp3) is 0.385. The van der Waals surface area contributed by atoms with Crippen LogP contribution in [0.2, 0.25) is 0 Å². The van der Waals surface area contributed by atoms with Crippen LogP contribution in [0.4, 0.5) is 8.78 Å². The Hall–Kier alpha value is -1.22. The minimum atomic E-state index is -0.503. The molecule has 0 radical (unpaired) electrons. The Balaban J connectivity index is 2.75. The second-order valence-electron chi connectivity index (χ2n) is 3.63.